The fourth-order valence-corrected chi connectivity index (χ4v) is 3.45. The quantitative estimate of drug-likeness (QED) is 0.796. The highest BCUT2D eigenvalue weighted by atomic mass is 16.5. The molecule has 4 nitrogen and oxygen atoms in total. The van der Waals surface area contributed by atoms with Gasteiger partial charge in [-0.3, -0.25) is 14.6 Å². The van der Waals surface area contributed by atoms with Crippen molar-refractivity contribution < 1.29 is 9.53 Å². The SMILES string of the molecule is CC(=O)OCc1ccc(CN2CCCN3CCCC32)cc1. The van der Waals surface area contributed by atoms with Crippen LogP contribution in [-0.4, -0.2) is 41.6 Å². The molecule has 0 aromatic heterocycles. The highest BCUT2D eigenvalue weighted by Crippen LogP contribution is 2.26. The lowest BCUT2D eigenvalue weighted by atomic mass is 10.1. The molecule has 4 heteroatoms. The summed E-state index contributed by atoms with van der Waals surface area (Å²) in [5, 5.41) is 0. The lowest BCUT2D eigenvalue weighted by molar-refractivity contribution is -0.142. The number of carbonyl (C=O) groups excluding carboxylic acids is 1. The standard InChI is InChI=1S/C17H24N2O2/c1-14(20)21-13-16-7-5-15(6-8-16)12-19-11-3-10-18-9-2-4-17(18)19/h5-8,17H,2-4,9-13H2,1H3. The second-order valence-electron chi connectivity index (χ2n) is 6.08. The van der Waals surface area contributed by atoms with Crippen molar-refractivity contribution in [2.24, 2.45) is 0 Å². The maximum Gasteiger partial charge on any atom is 0.302 e. The van der Waals surface area contributed by atoms with Crippen LogP contribution in [0.4, 0.5) is 0 Å². The molecule has 1 aromatic carbocycles. The Bertz CT molecular complexity index is 486. The predicted molar refractivity (Wildman–Crippen MR) is 81.5 cm³/mol. The second-order valence-corrected chi connectivity index (χ2v) is 6.08. The normalized spacial score (nSPS) is 23.0. The summed E-state index contributed by atoms with van der Waals surface area (Å²) in [6, 6.07) is 8.45. The van der Waals surface area contributed by atoms with Crippen LogP contribution >= 0.6 is 0 Å². The first-order chi connectivity index (χ1) is 10.2. The molecule has 1 unspecified atom stereocenters. The molecule has 0 spiro atoms. The van der Waals surface area contributed by atoms with Gasteiger partial charge in [0.2, 0.25) is 0 Å². The van der Waals surface area contributed by atoms with Gasteiger partial charge in [0.05, 0.1) is 6.17 Å². The van der Waals surface area contributed by atoms with E-state index >= 15 is 0 Å². The second kappa shape index (κ2) is 6.58. The highest BCUT2D eigenvalue weighted by molar-refractivity contribution is 5.65. The van der Waals surface area contributed by atoms with E-state index in [1.165, 1.54) is 51.4 Å². The average molecular weight is 288 g/mol. The summed E-state index contributed by atoms with van der Waals surface area (Å²) in [7, 11) is 0. The lowest BCUT2D eigenvalue weighted by Crippen LogP contribution is -2.49. The van der Waals surface area contributed by atoms with Gasteiger partial charge in [0.25, 0.3) is 0 Å². The minimum atomic E-state index is -0.228. The first-order valence-electron chi connectivity index (χ1n) is 7.91. The largest absolute Gasteiger partial charge is 0.461 e. The molecule has 0 radical (unpaired) electrons. The van der Waals surface area contributed by atoms with Gasteiger partial charge in [-0.15, -0.1) is 0 Å². The lowest BCUT2D eigenvalue weighted by Gasteiger charge is -2.40. The average Bonchev–Trinajstić information content (AvgIpc) is 2.96. The van der Waals surface area contributed by atoms with E-state index < -0.39 is 0 Å². The molecule has 3 rings (SSSR count). The summed E-state index contributed by atoms with van der Waals surface area (Å²) in [6.07, 6.45) is 4.58. The number of benzene rings is 1. The summed E-state index contributed by atoms with van der Waals surface area (Å²) in [6.45, 7) is 6.57. The van der Waals surface area contributed by atoms with Crippen LogP contribution in [0.2, 0.25) is 0 Å². The van der Waals surface area contributed by atoms with Gasteiger partial charge in [-0.25, -0.2) is 0 Å². The zero-order chi connectivity index (χ0) is 14.7. The van der Waals surface area contributed by atoms with Crippen LogP contribution in [0.1, 0.15) is 37.3 Å². The van der Waals surface area contributed by atoms with E-state index in [1.807, 2.05) is 0 Å². The Morgan fingerprint density at radius 3 is 2.62 bits per heavy atom. The molecule has 1 atom stereocenters. The molecule has 2 aliphatic rings. The fourth-order valence-electron chi connectivity index (χ4n) is 3.45. The molecular formula is C17H24N2O2. The molecule has 2 saturated heterocycles. The zero-order valence-electron chi connectivity index (χ0n) is 12.8. The number of esters is 1. The van der Waals surface area contributed by atoms with E-state index in [0.717, 1.165) is 12.1 Å². The molecule has 0 amide bonds. The van der Waals surface area contributed by atoms with Crippen molar-refractivity contribution in [1.82, 2.24) is 9.80 Å². The van der Waals surface area contributed by atoms with Crippen LogP contribution in [-0.2, 0) is 22.7 Å². The molecule has 0 saturated carbocycles. The van der Waals surface area contributed by atoms with Crippen molar-refractivity contribution >= 4 is 5.97 Å². The first kappa shape index (κ1) is 14.5. The number of hydrogen-bond donors (Lipinski definition) is 0. The van der Waals surface area contributed by atoms with Gasteiger partial charge in [-0.05, 0) is 36.9 Å². The maximum atomic E-state index is 10.8. The molecule has 2 aliphatic heterocycles. The van der Waals surface area contributed by atoms with Crippen molar-refractivity contribution in [3.8, 4) is 0 Å². The minimum Gasteiger partial charge on any atom is -0.461 e. The molecule has 0 N–H and O–H groups in total. The summed E-state index contributed by atoms with van der Waals surface area (Å²) >= 11 is 0. The van der Waals surface area contributed by atoms with E-state index in [9.17, 15) is 4.79 Å². The number of nitrogens with zero attached hydrogens (tertiary/aromatic N) is 2. The van der Waals surface area contributed by atoms with Crippen molar-refractivity contribution in [2.45, 2.75) is 45.5 Å². The van der Waals surface area contributed by atoms with E-state index in [0.29, 0.717) is 12.8 Å². The number of rotatable bonds is 4. The van der Waals surface area contributed by atoms with E-state index in [-0.39, 0.29) is 5.97 Å². The number of carbonyl (C=O) groups is 1. The Morgan fingerprint density at radius 2 is 1.86 bits per heavy atom. The molecule has 0 bridgehead atoms. The Labute approximate surface area is 126 Å². The summed E-state index contributed by atoms with van der Waals surface area (Å²) in [5.41, 5.74) is 2.39. The molecule has 1 aromatic rings. The monoisotopic (exact) mass is 288 g/mol. The Morgan fingerprint density at radius 1 is 1.14 bits per heavy atom. The maximum absolute atomic E-state index is 10.8. The summed E-state index contributed by atoms with van der Waals surface area (Å²) in [5.74, 6) is -0.228. The van der Waals surface area contributed by atoms with Crippen molar-refractivity contribution in [3.05, 3.63) is 35.4 Å². The smallest absolute Gasteiger partial charge is 0.302 e. The van der Waals surface area contributed by atoms with Gasteiger partial charge in [0, 0.05) is 26.6 Å². The number of ether oxygens (including phenoxy) is 1. The fraction of sp³-hybridized carbons (Fsp3) is 0.588. The third-order valence-corrected chi connectivity index (χ3v) is 4.49. The Kier molecular flexibility index (Phi) is 4.56. The highest BCUT2D eigenvalue weighted by Gasteiger charge is 2.32. The molecule has 114 valence electrons. The van der Waals surface area contributed by atoms with Crippen LogP contribution < -0.4 is 0 Å². The van der Waals surface area contributed by atoms with Crippen molar-refractivity contribution in [3.63, 3.8) is 0 Å². The molecule has 21 heavy (non-hydrogen) atoms. The van der Waals surface area contributed by atoms with Crippen LogP contribution in [0.25, 0.3) is 0 Å². The first-order valence-corrected chi connectivity index (χ1v) is 7.91. The summed E-state index contributed by atoms with van der Waals surface area (Å²) < 4.78 is 5.02. The van der Waals surface area contributed by atoms with Crippen LogP contribution in [0.15, 0.2) is 24.3 Å². The van der Waals surface area contributed by atoms with Gasteiger partial charge in [-0.2, -0.15) is 0 Å². The third-order valence-electron chi connectivity index (χ3n) is 4.49. The molecule has 2 heterocycles. The zero-order valence-corrected chi connectivity index (χ0v) is 12.8. The van der Waals surface area contributed by atoms with Crippen molar-refractivity contribution in [2.75, 3.05) is 19.6 Å². The number of fused-ring (bicyclic) bond motifs is 1. The third kappa shape index (κ3) is 3.63. The Hall–Kier alpha value is -1.39. The van der Waals surface area contributed by atoms with Gasteiger partial charge in [0.1, 0.15) is 6.61 Å². The predicted octanol–water partition coefficient (Wildman–Crippen LogP) is 2.38. The molecule has 0 aliphatic carbocycles. The topological polar surface area (TPSA) is 32.8 Å². The van der Waals surface area contributed by atoms with Crippen molar-refractivity contribution in [1.29, 1.82) is 0 Å². The van der Waals surface area contributed by atoms with Gasteiger partial charge < -0.3 is 4.74 Å². The van der Waals surface area contributed by atoms with Gasteiger partial charge in [0.15, 0.2) is 0 Å². The molecular weight excluding hydrogens is 264 g/mol. The van der Waals surface area contributed by atoms with Gasteiger partial charge >= 0.3 is 5.97 Å². The number of hydrogen-bond acceptors (Lipinski definition) is 4. The van der Waals surface area contributed by atoms with Crippen LogP contribution in [0.3, 0.4) is 0 Å². The van der Waals surface area contributed by atoms with E-state index in [1.54, 1.807) is 0 Å². The van der Waals surface area contributed by atoms with Crippen LogP contribution in [0, 0.1) is 0 Å². The van der Waals surface area contributed by atoms with Gasteiger partial charge in [-0.1, -0.05) is 24.3 Å². The molecule has 2 fully saturated rings. The van der Waals surface area contributed by atoms with Crippen LogP contribution in [0.5, 0.6) is 0 Å². The minimum absolute atomic E-state index is 0.228. The van der Waals surface area contributed by atoms with E-state index in [4.69, 9.17) is 4.74 Å². The summed E-state index contributed by atoms with van der Waals surface area (Å²) in [4.78, 5) is 16.1. The van der Waals surface area contributed by atoms with E-state index in [2.05, 4.69) is 34.1 Å². The Balaban J connectivity index is 1.58.